The van der Waals surface area contributed by atoms with Crippen LogP contribution in [0.2, 0.25) is 0 Å². The number of carbonyl (C=O) groups excluding carboxylic acids is 1. The summed E-state index contributed by atoms with van der Waals surface area (Å²) in [5.74, 6) is 0. The molecule has 8 heavy (non-hydrogen) atoms. The minimum atomic E-state index is -0.772. The predicted octanol–water partition coefficient (Wildman–Crippen LogP) is 1.03. The quantitative estimate of drug-likeness (QED) is 0.435. The van der Waals surface area contributed by atoms with Gasteiger partial charge in [-0.05, 0) is 6.08 Å². The van der Waals surface area contributed by atoms with Crippen LogP contribution in [0, 0.1) is 0 Å². The van der Waals surface area contributed by atoms with Crippen LogP contribution in [-0.2, 0) is 4.74 Å². The molecule has 3 nitrogen and oxygen atoms in total. The normalized spacial score (nSPS) is 9.62. The Bertz CT molecular complexity index is 102. The smallest absolute Gasteiger partial charge is 0.409 e. The van der Waals surface area contributed by atoms with Crippen LogP contribution in [0.4, 0.5) is 4.79 Å². The molecule has 0 aliphatic carbocycles. The number of rotatable bonds is 2. The highest BCUT2D eigenvalue weighted by Gasteiger charge is 1.82. The first kappa shape index (κ1) is 7.74. The molecule has 0 spiro atoms. The zero-order valence-electron chi connectivity index (χ0n) is 4.13. The lowest BCUT2D eigenvalue weighted by Gasteiger charge is -1.86. The van der Waals surface area contributed by atoms with Crippen LogP contribution < -0.4 is 5.73 Å². The standard InChI is InChI=1S/C4H6INO2/c5-2-1-3-8-4(6)7/h1,3H,2H2,(H2,6,7). The molecule has 1 amide bonds. The summed E-state index contributed by atoms with van der Waals surface area (Å²) in [7, 11) is 0. The van der Waals surface area contributed by atoms with Gasteiger partial charge in [0.25, 0.3) is 0 Å². The number of carbonyl (C=O) groups is 1. The number of hydrogen-bond acceptors (Lipinski definition) is 2. The molecule has 0 aromatic carbocycles. The maximum atomic E-state index is 9.82. The maximum absolute atomic E-state index is 9.82. The Morgan fingerprint density at radius 2 is 2.50 bits per heavy atom. The van der Waals surface area contributed by atoms with Crippen molar-refractivity contribution in [1.29, 1.82) is 0 Å². The van der Waals surface area contributed by atoms with E-state index in [0.29, 0.717) is 0 Å². The number of alkyl halides is 1. The molecule has 46 valence electrons. The van der Waals surface area contributed by atoms with Crippen molar-refractivity contribution >= 4 is 28.7 Å². The summed E-state index contributed by atoms with van der Waals surface area (Å²) < 4.78 is 5.05. The number of hydrogen-bond donors (Lipinski definition) is 1. The van der Waals surface area contributed by atoms with Gasteiger partial charge in [-0.3, -0.25) is 0 Å². The largest absolute Gasteiger partial charge is 0.419 e. The Hall–Kier alpha value is -0.260. The third-order valence-corrected chi connectivity index (χ3v) is 0.878. The van der Waals surface area contributed by atoms with Crippen LogP contribution in [0.25, 0.3) is 0 Å². The highest BCUT2D eigenvalue weighted by molar-refractivity contribution is 14.1. The topological polar surface area (TPSA) is 52.3 Å². The summed E-state index contributed by atoms with van der Waals surface area (Å²) >= 11 is 2.12. The van der Waals surface area contributed by atoms with Gasteiger partial charge < -0.3 is 10.5 Å². The van der Waals surface area contributed by atoms with Crippen LogP contribution in [0.15, 0.2) is 12.3 Å². The van der Waals surface area contributed by atoms with E-state index in [1.807, 2.05) is 0 Å². The van der Waals surface area contributed by atoms with Crippen LogP contribution in [0.1, 0.15) is 0 Å². The summed E-state index contributed by atoms with van der Waals surface area (Å²) in [6.45, 7) is 0. The molecule has 0 rings (SSSR count). The second kappa shape index (κ2) is 4.89. The first-order valence-electron chi connectivity index (χ1n) is 1.94. The molecule has 0 aliphatic rings. The molecule has 0 bridgehead atoms. The summed E-state index contributed by atoms with van der Waals surface area (Å²) in [4.78, 5) is 9.82. The fourth-order valence-electron chi connectivity index (χ4n) is 0.152. The molecular formula is C4H6INO2. The monoisotopic (exact) mass is 227 g/mol. The first-order chi connectivity index (χ1) is 3.77. The fourth-order valence-corrected chi connectivity index (χ4v) is 0.359. The molecule has 0 fully saturated rings. The number of nitrogens with two attached hydrogens (primary N) is 1. The van der Waals surface area contributed by atoms with E-state index in [4.69, 9.17) is 0 Å². The van der Waals surface area contributed by atoms with Crippen LogP contribution >= 0.6 is 22.6 Å². The van der Waals surface area contributed by atoms with E-state index < -0.39 is 6.09 Å². The highest BCUT2D eigenvalue weighted by atomic mass is 127. The lowest BCUT2D eigenvalue weighted by Crippen LogP contribution is -2.08. The van der Waals surface area contributed by atoms with E-state index in [2.05, 4.69) is 33.1 Å². The van der Waals surface area contributed by atoms with Gasteiger partial charge in [0.1, 0.15) is 0 Å². The summed E-state index contributed by atoms with van der Waals surface area (Å²) in [5, 5.41) is 0. The number of halogens is 1. The molecule has 0 aliphatic heterocycles. The molecule has 0 radical (unpaired) electrons. The molecule has 0 unspecified atom stereocenters. The van der Waals surface area contributed by atoms with Crippen LogP contribution in [0.5, 0.6) is 0 Å². The summed E-state index contributed by atoms with van der Waals surface area (Å²) in [6.07, 6.45) is 2.19. The lowest BCUT2D eigenvalue weighted by atomic mass is 10.7. The number of allylic oxidation sites excluding steroid dienone is 1. The average Bonchev–Trinajstić information content (AvgIpc) is 1.66. The van der Waals surface area contributed by atoms with E-state index in [9.17, 15) is 4.79 Å². The number of primary amides is 1. The van der Waals surface area contributed by atoms with Crippen LogP contribution in [0.3, 0.4) is 0 Å². The van der Waals surface area contributed by atoms with Crippen molar-refractivity contribution in [2.24, 2.45) is 5.73 Å². The molecular weight excluding hydrogens is 221 g/mol. The molecule has 2 N–H and O–H groups in total. The second-order valence-corrected chi connectivity index (χ2v) is 1.84. The average molecular weight is 227 g/mol. The van der Waals surface area contributed by atoms with Crippen LogP contribution in [-0.4, -0.2) is 10.5 Å². The maximum Gasteiger partial charge on any atom is 0.409 e. The molecule has 0 heterocycles. The van der Waals surface area contributed by atoms with Crippen molar-refractivity contribution in [2.45, 2.75) is 0 Å². The summed E-state index contributed by atoms with van der Waals surface area (Å²) in [6, 6.07) is 0. The van der Waals surface area contributed by atoms with E-state index in [1.165, 1.54) is 6.26 Å². The van der Waals surface area contributed by atoms with Gasteiger partial charge in [0.2, 0.25) is 0 Å². The third kappa shape index (κ3) is 5.74. The Balaban J connectivity index is 3.16. The Morgan fingerprint density at radius 1 is 1.88 bits per heavy atom. The minimum Gasteiger partial charge on any atom is -0.419 e. The second-order valence-electron chi connectivity index (χ2n) is 0.963. The van der Waals surface area contributed by atoms with Gasteiger partial charge in [0, 0.05) is 4.43 Å². The van der Waals surface area contributed by atoms with Gasteiger partial charge in [-0.1, -0.05) is 22.6 Å². The summed E-state index contributed by atoms with van der Waals surface area (Å²) in [5.41, 5.74) is 4.62. The third-order valence-electron chi connectivity index (χ3n) is 0.370. The van der Waals surface area contributed by atoms with Gasteiger partial charge in [-0.2, -0.15) is 0 Å². The van der Waals surface area contributed by atoms with E-state index >= 15 is 0 Å². The van der Waals surface area contributed by atoms with Gasteiger partial charge >= 0.3 is 6.09 Å². The molecule has 0 saturated carbocycles. The zero-order valence-corrected chi connectivity index (χ0v) is 6.29. The van der Waals surface area contributed by atoms with Crippen molar-refractivity contribution in [3.8, 4) is 0 Å². The number of amides is 1. The van der Waals surface area contributed by atoms with Crippen molar-refractivity contribution in [2.75, 3.05) is 4.43 Å². The van der Waals surface area contributed by atoms with Crippen molar-refractivity contribution < 1.29 is 9.53 Å². The SMILES string of the molecule is NC(=O)OC=CCI. The molecule has 0 aromatic heterocycles. The Kier molecular flexibility index (Phi) is 4.73. The van der Waals surface area contributed by atoms with Gasteiger partial charge in [0.15, 0.2) is 0 Å². The Morgan fingerprint density at radius 3 is 2.88 bits per heavy atom. The minimum absolute atomic E-state index is 0.772. The molecule has 0 atom stereocenters. The van der Waals surface area contributed by atoms with E-state index in [0.717, 1.165) is 4.43 Å². The fraction of sp³-hybridized carbons (Fsp3) is 0.250. The van der Waals surface area contributed by atoms with Gasteiger partial charge in [-0.25, -0.2) is 4.79 Å². The van der Waals surface area contributed by atoms with E-state index in [1.54, 1.807) is 6.08 Å². The lowest BCUT2D eigenvalue weighted by molar-refractivity contribution is 0.196. The first-order valence-corrected chi connectivity index (χ1v) is 3.47. The van der Waals surface area contributed by atoms with Crippen molar-refractivity contribution in [1.82, 2.24) is 0 Å². The van der Waals surface area contributed by atoms with Crippen molar-refractivity contribution in [3.05, 3.63) is 12.3 Å². The number of ether oxygens (including phenoxy) is 1. The predicted molar refractivity (Wildman–Crippen MR) is 38.7 cm³/mol. The zero-order chi connectivity index (χ0) is 6.41. The molecule has 0 saturated heterocycles. The van der Waals surface area contributed by atoms with Gasteiger partial charge in [-0.15, -0.1) is 0 Å². The molecule has 0 aromatic rings. The van der Waals surface area contributed by atoms with Gasteiger partial charge in [0.05, 0.1) is 6.26 Å². The highest BCUT2D eigenvalue weighted by Crippen LogP contribution is 1.83. The van der Waals surface area contributed by atoms with Crippen molar-refractivity contribution in [3.63, 3.8) is 0 Å². The Labute approximate surface area is 61.0 Å². The molecule has 4 heteroatoms. The van der Waals surface area contributed by atoms with E-state index in [-0.39, 0.29) is 0 Å².